The normalized spacial score (nSPS) is 11.9. The number of rotatable bonds is 2. The number of aromatic amines is 1. The molecule has 0 aliphatic heterocycles. The average molecular weight is 419 g/mol. The van der Waals surface area contributed by atoms with Crippen LogP contribution >= 0.6 is 34.2 Å². The maximum absolute atomic E-state index is 12.8. The van der Waals surface area contributed by atoms with Crippen LogP contribution in [0.3, 0.4) is 0 Å². The predicted octanol–water partition coefficient (Wildman–Crippen LogP) is 3.65. The van der Waals surface area contributed by atoms with Crippen LogP contribution in [0.4, 0.5) is 0 Å². The van der Waals surface area contributed by atoms with E-state index in [1.807, 2.05) is 0 Å². The van der Waals surface area contributed by atoms with Gasteiger partial charge in [-0.25, -0.2) is 13.4 Å². The maximum atomic E-state index is 12.8. The summed E-state index contributed by atoms with van der Waals surface area (Å²) in [5, 5.41) is 0.654. The number of hydrogen-bond acceptors (Lipinski definition) is 3. The topological polar surface area (TPSA) is 62.8 Å². The third kappa shape index (κ3) is 2.11. The minimum absolute atomic E-state index is 0.0982. The number of aromatic nitrogens is 2. The summed E-state index contributed by atoms with van der Waals surface area (Å²) >= 11 is 8.17. The second-order valence-electron chi connectivity index (χ2n) is 4.11. The number of H-pyrrole nitrogens is 1. The van der Waals surface area contributed by atoms with Gasteiger partial charge in [0.1, 0.15) is 10.5 Å². The fourth-order valence-electron chi connectivity index (χ4n) is 1.99. The summed E-state index contributed by atoms with van der Waals surface area (Å²) in [7, 11) is -3.69. The first-order valence-corrected chi connectivity index (χ1v) is 8.57. The SMILES string of the molecule is O=S(=O)(c1ccccc1)c1c(Cl)cnc2[nH]cc(I)c12. The van der Waals surface area contributed by atoms with Crippen LogP contribution < -0.4 is 0 Å². The molecular formula is C13H8ClIN2O2S. The number of sulfone groups is 1. The first-order valence-electron chi connectivity index (χ1n) is 5.63. The zero-order valence-electron chi connectivity index (χ0n) is 9.97. The molecule has 7 heteroatoms. The number of fused-ring (bicyclic) bond motifs is 1. The highest BCUT2D eigenvalue weighted by atomic mass is 127. The zero-order chi connectivity index (χ0) is 14.3. The van der Waals surface area contributed by atoms with Crippen LogP contribution in [0.2, 0.25) is 5.02 Å². The molecule has 20 heavy (non-hydrogen) atoms. The van der Waals surface area contributed by atoms with Crippen molar-refractivity contribution >= 4 is 55.1 Å². The maximum Gasteiger partial charge on any atom is 0.208 e. The predicted molar refractivity (Wildman–Crippen MR) is 85.7 cm³/mol. The lowest BCUT2D eigenvalue weighted by atomic mass is 10.3. The highest BCUT2D eigenvalue weighted by Crippen LogP contribution is 2.35. The Morgan fingerprint density at radius 3 is 2.60 bits per heavy atom. The first kappa shape index (κ1) is 13.8. The Hall–Kier alpha value is -1.12. The summed E-state index contributed by atoms with van der Waals surface area (Å²) in [4.78, 5) is 7.36. The number of nitrogens with one attached hydrogen (secondary N) is 1. The van der Waals surface area contributed by atoms with Crippen molar-refractivity contribution in [2.24, 2.45) is 0 Å². The minimum Gasteiger partial charge on any atom is -0.345 e. The molecule has 2 aromatic heterocycles. The van der Waals surface area contributed by atoms with E-state index in [2.05, 4.69) is 32.6 Å². The van der Waals surface area contributed by atoms with Gasteiger partial charge in [0.15, 0.2) is 0 Å². The fraction of sp³-hybridized carbons (Fsp3) is 0. The van der Waals surface area contributed by atoms with Crippen LogP contribution in [0.25, 0.3) is 11.0 Å². The molecule has 0 fully saturated rings. The third-order valence-electron chi connectivity index (χ3n) is 2.88. The molecule has 3 rings (SSSR count). The van der Waals surface area contributed by atoms with Crippen molar-refractivity contribution in [3.05, 3.63) is 51.3 Å². The van der Waals surface area contributed by atoms with E-state index in [9.17, 15) is 8.42 Å². The highest BCUT2D eigenvalue weighted by molar-refractivity contribution is 14.1. The molecule has 0 amide bonds. The van der Waals surface area contributed by atoms with E-state index >= 15 is 0 Å². The van der Waals surface area contributed by atoms with E-state index in [1.54, 1.807) is 36.5 Å². The van der Waals surface area contributed by atoms with E-state index in [4.69, 9.17) is 11.6 Å². The van der Waals surface area contributed by atoms with Crippen LogP contribution in [0, 0.1) is 3.57 Å². The van der Waals surface area contributed by atoms with E-state index in [1.165, 1.54) is 6.20 Å². The van der Waals surface area contributed by atoms with Gasteiger partial charge in [0.25, 0.3) is 0 Å². The summed E-state index contributed by atoms with van der Waals surface area (Å²) in [5.74, 6) is 0. The van der Waals surface area contributed by atoms with Gasteiger partial charge in [-0.15, -0.1) is 0 Å². The summed E-state index contributed by atoms with van der Waals surface area (Å²) in [6.07, 6.45) is 3.06. The third-order valence-corrected chi connectivity index (χ3v) is 5.99. The molecule has 0 aliphatic carbocycles. The van der Waals surface area contributed by atoms with Crippen LogP contribution in [-0.4, -0.2) is 18.4 Å². The van der Waals surface area contributed by atoms with Gasteiger partial charge in [-0.3, -0.25) is 0 Å². The van der Waals surface area contributed by atoms with Gasteiger partial charge >= 0.3 is 0 Å². The van der Waals surface area contributed by atoms with E-state index in [0.29, 0.717) is 11.0 Å². The summed E-state index contributed by atoms with van der Waals surface area (Å²) in [5.41, 5.74) is 0.508. The Morgan fingerprint density at radius 1 is 1.20 bits per heavy atom. The van der Waals surface area contributed by atoms with Gasteiger partial charge in [-0.2, -0.15) is 0 Å². The molecule has 0 saturated carbocycles. The van der Waals surface area contributed by atoms with E-state index in [-0.39, 0.29) is 14.8 Å². The summed E-state index contributed by atoms with van der Waals surface area (Å²) in [6.45, 7) is 0. The van der Waals surface area contributed by atoms with Crippen molar-refractivity contribution in [2.75, 3.05) is 0 Å². The molecule has 0 saturated heterocycles. The average Bonchev–Trinajstić information content (AvgIpc) is 2.81. The second-order valence-corrected chi connectivity index (χ2v) is 7.57. The van der Waals surface area contributed by atoms with E-state index in [0.717, 1.165) is 3.57 Å². The van der Waals surface area contributed by atoms with Crippen molar-refractivity contribution < 1.29 is 8.42 Å². The molecule has 102 valence electrons. The molecule has 2 heterocycles. The van der Waals surface area contributed by atoms with Gasteiger partial charge in [-0.05, 0) is 34.7 Å². The highest BCUT2D eigenvalue weighted by Gasteiger charge is 2.26. The Morgan fingerprint density at radius 2 is 1.90 bits per heavy atom. The lowest BCUT2D eigenvalue weighted by Crippen LogP contribution is -2.04. The smallest absolute Gasteiger partial charge is 0.208 e. The Labute approximate surface area is 134 Å². The lowest BCUT2D eigenvalue weighted by Gasteiger charge is -2.08. The fourth-order valence-corrected chi connectivity index (χ4v) is 4.83. The van der Waals surface area contributed by atoms with Gasteiger partial charge in [-0.1, -0.05) is 29.8 Å². The zero-order valence-corrected chi connectivity index (χ0v) is 13.7. The van der Waals surface area contributed by atoms with Gasteiger partial charge in [0, 0.05) is 16.0 Å². The molecule has 0 spiro atoms. The monoisotopic (exact) mass is 418 g/mol. The molecule has 0 unspecified atom stereocenters. The minimum atomic E-state index is -3.69. The molecule has 0 bridgehead atoms. The van der Waals surface area contributed by atoms with Gasteiger partial charge in [0.05, 0.1) is 15.3 Å². The molecular weight excluding hydrogens is 411 g/mol. The lowest BCUT2D eigenvalue weighted by molar-refractivity contribution is 0.597. The Balaban J connectivity index is 2.40. The Kier molecular flexibility index (Phi) is 3.47. The molecule has 4 nitrogen and oxygen atoms in total. The van der Waals surface area contributed by atoms with Crippen LogP contribution in [0.5, 0.6) is 0 Å². The van der Waals surface area contributed by atoms with Gasteiger partial charge < -0.3 is 4.98 Å². The van der Waals surface area contributed by atoms with Gasteiger partial charge in [0.2, 0.25) is 9.84 Å². The molecule has 1 N–H and O–H groups in total. The number of nitrogens with zero attached hydrogens (tertiary/aromatic N) is 1. The first-order chi connectivity index (χ1) is 9.51. The standard InChI is InChI=1S/C13H8ClIN2O2S/c14-9-6-16-13-11(10(15)7-17-13)12(9)20(18,19)8-4-2-1-3-5-8/h1-7H,(H,16,17). The van der Waals surface area contributed by atoms with Crippen LogP contribution in [0.15, 0.2) is 52.5 Å². The van der Waals surface area contributed by atoms with Crippen LogP contribution in [0.1, 0.15) is 0 Å². The molecule has 0 aliphatic rings. The van der Waals surface area contributed by atoms with Crippen molar-refractivity contribution in [1.29, 1.82) is 0 Å². The number of halogens is 2. The van der Waals surface area contributed by atoms with Crippen molar-refractivity contribution in [3.8, 4) is 0 Å². The van der Waals surface area contributed by atoms with Crippen molar-refractivity contribution in [3.63, 3.8) is 0 Å². The van der Waals surface area contributed by atoms with Crippen molar-refractivity contribution in [2.45, 2.75) is 9.79 Å². The summed E-state index contributed by atoms with van der Waals surface area (Å²) in [6, 6.07) is 8.24. The molecule has 3 aromatic rings. The second kappa shape index (κ2) is 5.01. The quantitative estimate of drug-likeness (QED) is 0.646. The largest absolute Gasteiger partial charge is 0.345 e. The molecule has 0 atom stereocenters. The Bertz CT molecular complexity index is 891. The molecule has 0 radical (unpaired) electrons. The summed E-state index contributed by atoms with van der Waals surface area (Å²) < 4.78 is 26.3. The van der Waals surface area contributed by atoms with Crippen molar-refractivity contribution in [1.82, 2.24) is 9.97 Å². The number of hydrogen-bond donors (Lipinski definition) is 1. The van der Waals surface area contributed by atoms with E-state index < -0.39 is 9.84 Å². The number of benzene rings is 1. The number of pyridine rings is 1. The van der Waals surface area contributed by atoms with Crippen LogP contribution in [-0.2, 0) is 9.84 Å². The molecule has 1 aromatic carbocycles.